The van der Waals surface area contributed by atoms with Crippen molar-refractivity contribution < 1.29 is 0 Å². The van der Waals surface area contributed by atoms with Crippen LogP contribution >= 0.6 is 24.0 Å². The van der Waals surface area contributed by atoms with Gasteiger partial charge in [0, 0.05) is 25.7 Å². The van der Waals surface area contributed by atoms with Crippen LogP contribution in [-0.2, 0) is 6.54 Å². The van der Waals surface area contributed by atoms with Gasteiger partial charge in [0.1, 0.15) is 0 Å². The van der Waals surface area contributed by atoms with Gasteiger partial charge in [0.05, 0.1) is 6.54 Å². The Labute approximate surface area is 170 Å². The molecule has 5 heteroatoms. The number of nitrogens with zero attached hydrogens (tertiary/aromatic N) is 2. The van der Waals surface area contributed by atoms with Crippen molar-refractivity contribution in [2.45, 2.75) is 53.1 Å². The quantitative estimate of drug-likeness (QED) is 0.387. The Kier molecular flexibility index (Phi) is 10.4. The zero-order valence-corrected chi connectivity index (χ0v) is 18.5. The normalized spacial score (nSPS) is 18.8. The highest BCUT2D eigenvalue weighted by Crippen LogP contribution is 2.17. The van der Waals surface area contributed by atoms with Gasteiger partial charge in [-0.05, 0) is 58.6 Å². The van der Waals surface area contributed by atoms with E-state index in [2.05, 4.69) is 67.5 Å². The maximum absolute atomic E-state index is 4.73. The third-order valence-electron chi connectivity index (χ3n) is 4.72. The fourth-order valence-electron chi connectivity index (χ4n) is 3.18. The summed E-state index contributed by atoms with van der Waals surface area (Å²) >= 11 is 0. The maximum atomic E-state index is 4.73. The first-order valence-electron chi connectivity index (χ1n) is 9.40. The molecule has 142 valence electrons. The number of nitrogens with one attached hydrogen (secondary N) is 2. The van der Waals surface area contributed by atoms with E-state index in [1.54, 1.807) is 0 Å². The summed E-state index contributed by atoms with van der Waals surface area (Å²) in [6, 6.07) is 9.26. The van der Waals surface area contributed by atoms with E-state index in [0.717, 1.165) is 25.6 Å². The van der Waals surface area contributed by atoms with Crippen molar-refractivity contribution in [2.24, 2.45) is 10.9 Å². The molecule has 25 heavy (non-hydrogen) atoms. The summed E-state index contributed by atoms with van der Waals surface area (Å²) in [5, 5.41) is 6.91. The molecule has 0 aromatic heterocycles. The molecule has 0 saturated carbocycles. The number of aryl methyl sites for hydroxylation is 1. The molecule has 0 spiro atoms. The van der Waals surface area contributed by atoms with Gasteiger partial charge < -0.3 is 15.5 Å². The van der Waals surface area contributed by atoms with Gasteiger partial charge in [-0.1, -0.05) is 29.8 Å². The minimum Gasteiger partial charge on any atom is -0.357 e. The van der Waals surface area contributed by atoms with Crippen LogP contribution < -0.4 is 10.6 Å². The summed E-state index contributed by atoms with van der Waals surface area (Å²) in [5.41, 5.74) is 2.54. The summed E-state index contributed by atoms with van der Waals surface area (Å²) in [4.78, 5) is 7.32. The van der Waals surface area contributed by atoms with Crippen molar-refractivity contribution in [3.8, 4) is 0 Å². The van der Waals surface area contributed by atoms with Crippen LogP contribution in [0.1, 0.15) is 44.7 Å². The van der Waals surface area contributed by atoms with Crippen LogP contribution in [0, 0.1) is 12.8 Å². The lowest BCUT2D eigenvalue weighted by molar-refractivity contribution is 0.141. The Morgan fingerprint density at radius 2 is 1.96 bits per heavy atom. The molecule has 1 aromatic carbocycles. The number of aliphatic imine (C=N–C) groups is 1. The van der Waals surface area contributed by atoms with E-state index in [9.17, 15) is 0 Å². The summed E-state index contributed by atoms with van der Waals surface area (Å²) in [7, 11) is 0. The maximum Gasteiger partial charge on any atom is 0.191 e. The van der Waals surface area contributed by atoms with Crippen molar-refractivity contribution >= 4 is 29.9 Å². The van der Waals surface area contributed by atoms with E-state index in [1.807, 2.05) is 0 Å². The van der Waals surface area contributed by atoms with Crippen molar-refractivity contribution in [2.75, 3.05) is 26.2 Å². The van der Waals surface area contributed by atoms with Crippen molar-refractivity contribution in [3.05, 3.63) is 35.4 Å². The van der Waals surface area contributed by atoms with Gasteiger partial charge in [0.25, 0.3) is 0 Å². The zero-order chi connectivity index (χ0) is 17.4. The third kappa shape index (κ3) is 7.94. The molecule has 0 amide bonds. The fourth-order valence-corrected chi connectivity index (χ4v) is 3.18. The van der Waals surface area contributed by atoms with Crippen LogP contribution in [0.5, 0.6) is 0 Å². The molecule has 1 fully saturated rings. The van der Waals surface area contributed by atoms with Crippen molar-refractivity contribution in [1.82, 2.24) is 15.5 Å². The molecule has 2 N–H and O–H groups in total. The average molecular weight is 458 g/mol. The molecule has 0 bridgehead atoms. The molecule has 4 nitrogen and oxygen atoms in total. The molecular formula is C20H35IN4. The molecule has 1 unspecified atom stereocenters. The molecular weight excluding hydrogens is 423 g/mol. The van der Waals surface area contributed by atoms with Gasteiger partial charge in [-0.25, -0.2) is 4.99 Å². The van der Waals surface area contributed by atoms with Crippen LogP contribution in [0.2, 0.25) is 0 Å². The van der Waals surface area contributed by atoms with E-state index >= 15 is 0 Å². The Balaban J connectivity index is 0.00000312. The first-order chi connectivity index (χ1) is 11.6. The highest BCUT2D eigenvalue weighted by Gasteiger charge is 2.21. The molecule has 1 heterocycles. The Hall–Kier alpha value is -0.820. The minimum atomic E-state index is 0. The zero-order valence-electron chi connectivity index (χ0n) is 16.2. The lowest BCUT2D eigenvalue weighted by atomic mass is 9.97. The van der Waals surface area contributed by atoms with Gasteiger partial charge >= 0.3 is 0 Å². The number of piperidine rings is 1. The molecule has 0 radical (unpaired) electrons. The average Bonchev–Trinajstić information content (AvgIpc) is 2.59. The standard InChI is InChI=1S/C20H34N4.HI/c1-5-21-20(22-13-18-10-8-17(4)9-11-18)23-14-19-7-6-12-24(15-19)16(2)3;/h8-11,16,19H,5-7,12-15H2,1-4H3,(H2,21,22,23);1H. The topological polar surface area (TPSA) is 39.7 Å². The van der Waals surface area contributed by atoms with E-state index < -0.39 is 0 Å². The Bertz CT molecular complexity index is 513. The number of likely N-dealkylation sites (tertiary alicyclic amines) is 1. The number of benzene rings is 1. The van der Waals surface area contributed by atoms with Crippen molar-refractivity contribution in [3.63, 3.8) is 0 Å². The summed E-state index contributed by atoms with van der Waals surface area (Å²) in [5.74, 6) is 1.64. The van der Waals surface area contributed by atoms with Crippen LogP contribution in [0.3, 0.4) is 0 Å². The van der Waals surface area contributed by atoms with Crippen LogP contribution in [0.25, 0.3) is 0 Å². The third-order valence-corrected chi connectivity index (χ3v) is 4.72. The summed E-state index contributed by atoms with van der Waals surface area (Å²) in [6.45, 7) is 13.9. The lowest BCUT2D eigenvalue weighted by Gasteiger charge is -2.35. The minimum absolute atomic E-state index is 0. The second kappa shape index (κ2) is 11.7. The molecule has 1 saturated heterocycles. The fraction of sp³-hybridized carbons (Fsp3) is 0.650. The first-order valence-corrected chi connectivity index (χ1v) is 9.40. The summed E-state index contributed by atoms with van der Waals surface area (Å²) in [6.07, 6.45) is 2.62. The number of hydrogen-bond donors (Lipinski definition) is 2. The number of rotatable bonds is 6. The van der Waals surface area contributed by atoms with Crippen LogP contribution in [0.4, 0.5) is 0 Å². The smallest absolute Gasteiger partial charge is 0.191 e. The van der Waals surface area contributed by atoms with Gasteiger partial charge in [0.2, 0.25) is 0 Å². The van der Waals surface area contributed by atoms with E-state index in [-0.39, 0.29) is 24.0 Å². The molecule has 1 aromatic rings. The summed E-state index contributed by atoms with van der Waals surface area (Å²) < 4.78 is 0. The van der Waals surface area contributed by atoms with Crippen LogP contribution in [0.15, 0.2) is 29.3 Å². The monoisotopic (exact) mass is 458 g/mol. The predicted molar refractivity (Wildman–Crippen MR) is 119 cm³/mol. The largest absolute Gasteiger partial charge is 0.357 e. The molecule has 1 aliphatic heterocycles. The van der Waals surface area contributed by atoms with Crippen LogP contribution in [-0.4, -0.2) is 43.1 Å². The van der Waals surface area contributed by atoms with Gasteiger partial charge in [-0.3, -0.25) is 0 Å². The van der Waals surface area contributed by atoms with Gasteiger partial charge in [-0.15, -0.1) is 24.0 Å². The van der Waals surface area contributed by atoms with E-state index in [4.69, 9.17) is 4.99 Å². The van der Waals surface area contributed by atoms with Gasteiger partial charge in [-0.2, -0.15) is 0 Å². The Morgan fingerprint density at radius 3 is 2.60 bits per heavy atom. The highest BCUT2D eigenvalue weighted by molar-refractivity contribution is 14.0. The molecule has 1 atom stereocenters. The molecule has 1 aliphatic rings. The number of guanidine groups is 1. The van der Waals surface area contributed by atoms with E-state index in [0.29, 0.717) is 12.0 Å². The predicted octanol–water partition coefficient (Wildman–Crippen LogP) is 3.79. The second-order valence-corrected chi connectivity index (χ2v) is 7.16. The molecule has 0 aliphatic carbocycles. The SMILES string of the molecule is CCNC(=NCc1ccc(C)cc1)NCC1CCCN(C(C)C)C1.I. The lowest BCUT2D eigenvalue weighted by Crippen LogP contribution is -2.46. The van der Waals surface area contributed by atoms with Crippen molar-refractivity contribution in [1.29, 1.82) is 0 Å². The van der Waals surface area contributed by atoms with Gasteiger partial charge in [0.15, 0.2) is 5.96 Å². The number of halogens is 1. The first kappa shape index (κ1) is 22.2. The Morgan fingerprint density at radius 1 is 1.24 bits per heavy atom. The second-order valence-electron chi connectivity index (χ2n) is 7.16. The highest BCUT2D eigenvalue weighted by atomic mass is 127. The molecule has 2 rings (SSSR count). The van der Waals surface area contributed by atoms with E-state index in [1.165, 1.54) is 37.1 Å². The number of hydrogen-bond acceptors (Lipinski definition) is 2.